The summed E-state index contributed by atoms with van der Waals surface area (Å²) in [4.78, 5) is 27.2. The Morgan fingerprint density at radius 1 is 0.933 bits per heavy atom. The molecule has 30 heavy (non-hydrogen) atoms. The van der Waals surface area contributed by atoms with Gasteiger partial charge in [0.15, 0.2) is 0 Å². The first-order valence-corrected chi connectivity index (χ1v) is 9.96. The summed E-state index contributed by atoms with van der Waals surface area (Å²) in [7, 11) is 0. The van der Waals surface area contributed by atoms with Crippen LogP contribution in [0.1, 0.15) is 27.0 Å². The number of nitrogens with one attached hydrogen (secondary N) is 1. The smallest absolute Gasteiger partial charge is 0.258 e. The Kier molecular flexibility index (Phi) is 7.17. The molecule has 0 aliphatic heterocycles. The monoisotopic (exact) mass is 398 g/mol. The molecule has 0 fully saturated rings. The van der Waals surface area contributed by atoms with E-state index in [0.717, 1.165) is 22.4 Å². The number of anilines is 1. The third-order valence-corrected chi connectivity index (χ3v) is 4.76. The first-order valence-electron chi connectivity index (χ1n) is 9.96. The molecular formula is C26H26N2O2. The van der Waals surface area contributed by atoms with Gasteiger partial charge in [-0.25, -0.2) is 0 Å². The van der Waals surface area contributed by atoms with Gasteiger partial charge in [0.1, 0.15) is 0 Å². The number of amides is 2. The molecule has 4 heteroatoms. The number of hydrogen-bond donors (Lipinski definition) is 1. The van der Waals surface area contributed by atoms with Crippen molar-refractivity contribution < 1.29 is 9.59 Å². The highest BCUT2D eigenvalue weighted by atomic mass is 16.2. The van der Waals surface area contributed by atoms with Gasteiger partial charge in [-0.3, -0.25) is 9.59 Å². The van der Waals surface area contributed by atoms with Crippen LogP contribution in [0.3, 0.4) is 0 Å². The lowest BCUT2D eigenvalue weighted by atomic mass is 10.1. The fourth-order valence-electron chi connectivity index (χ4n) is 3.17. The third-order valence-electron chi connectivity index (χ3n) is 4.76. The molecule has 0 radical (unpaired) electrons. The van der Waals surface area contributed by atoms with E-state index in [9.17, 15) is 9.59 Å². The normalized spacial score (nSPS) is 10.3. The number of carbonyl (C=O) groups excluding carboxylic acids is 2. The van der Waals surface area contributed by atoms with Crippen LogP contribution in [0.5, 0.6) is 0 Å². The van der Waals surface area contributed by atoms with E-state index in [1.54, 1.807) is 11.0 Å². The second kappa shape index (κ2) is 10.2. The summed E-state index contributed by atoms with van der Waals surface area (Å²) in [5, 5.41) is 2.79. The van der Waals surface area contributed by atoms with Crippen LogP contribution in [-0.4, -0.2) is 18.4 Å². The van der Waals surface area contributed by atoms with Crippen LogP contribution in [0.2, 0.25) is 0 Å². The van der Waals surface area contributed by atoms with Crippen molar-refractivity contribution in [2.75, 3.05) is 11.4 Å². The van der Waals surface area contributed by atoms with Gasteiger partial charge in [-0.15, -0.1) is 6.58 Å². The van der Waals surface area contributed by atoms with Crippen LogP contribution < -0.4 is 10.2 Å². The lowest BCUT2D eigenvalue weighted by Gasteiger charge is -2.24. The van der Waals surface area contributed by atoms with E-state index < -0.39 is 0 Å². The zero-order valence-electron chi connectivity index (χ0n) is 17.2. The van der Waals surface area contributed by atoms with Crippen LogP contribution in [0, 0.1) is 6.92 Å². The summed E-state index contributed by atoms with van der Waals surface area (Å²) in [5.41, 5.74) is 4.38. The molecule has 4 nitrogen and oxygen atoms in total. The quantitative estimate of drug-likeness (QED) is 0.560. The predicted octanol–water partition coefficient (Wildman–Crippen LogP) is 4.69. The second-order valence-electron chi connectivity index (χ2n) is 7.18. The summed E-state index contributed by atoms with van der Waals surface area (Å²) in [6.07, 6.45) is 1.90. The van der Waals surface area contributed by atoms with Crippen molar-refractivity contribution in [2.45, 2.75) is 19.9 Å². The zero-order valence-corrected chi connectivity index (χ0v) is 17.2. The summed E-state index contributed by atoms with van der Waals surface area (Å²) in [5.74, 6) is -0.154. The molecule has 0 aliphatic rings. The van der Waals surface area contributed by atoms with Gasteiger partial charge in [0.05, 0.1) is 13.0 Å². The Balaban J connectivity index is 1.90. The summed E-state index contributed by atoms with van der Waals surface area (Å²) >= 11 is 0. The van der Waals surface area contributed by atoms with E-state index in [1.165, 1.54) is 0 Å². The largest absolute Gasteiger partial charge is 0.352 e. The molecule has 3 aromatic rings. The highest BCUT2D eigenvalue weighted by molar-refractivity contribution is 6.06. The minimum absolute atomic E-state index is 0.0767. The number of benzene rings is 3. The fourth-order valence-corrected chi connectivity index (χ4v) is 3.17. The summed E-state index contributed by atoms with van der Waals surface area (Å²) in [6.45, 7) is 6.49. The lowest BCUT2D eigenvalue weighted by Crippen LogP contribution is -2.30. The molecule has 2 amide bonds. The average Bonchev–Trinajstić information content (AvgIpc) is 2.77. The maximum Gasteiger partial charge on any atom is 0.258 e. The van der Waals surface area contributed by atoms with Crippen molar-refractivity contribution in [3.05, 3.63) is 114 Å². The highest BCUT2D eigenvalue weighted by Crippen LogP contribution is 2.22. The van der Waals surface area contributed by atoms with E-state index in [1.807, 2.05) is 85.8 Å². The van der Waals surface area contributed by atoms with Gasteiger partial charge in [-0.05, 0) is 42.3 Å². The van der Waals surface area contributed by atoms with Crippen LogP contribution in [0.15, 0.2) is 91.5 Å². The van der Waals surface area contributed by atoms with Crippen molar-refractivity contribution >= 4 is 17.5 Å². The van der Waals surface area contributed by atoms with E-state index >= 15 is 0 Å². The van der Waals surface area contributed by atoms with Gasteiger partial charge < -0.3 is 10.2 Å². The second-order valence-corrected chi connectivity index (χ2v) is 7.18. The number of nitrogens with zero attached hydrogens (tertiary/aromatic N) is 1. The molecule has 0 saturated carbocycles. The highest BCUT2D eigenvalue weighted by Gasteiger charge is 2.19. The Bertz CT molecular complexity index is 1010. The van der Waals surface area contributed by atoms with Gasteiger partial charge in [0.2, 0.25) is 5.91 Å². The van der Waals surface area contributed by atoms with Crippen molar-refractivity contribution in [1.82, 2.24) is 5.32 Å². The molecular weight excluding hydrogens is 372 g/mol. The van der Waals surface area contributed by atoms with Crippen molar-refractivity contribution in [3.8, 4) is 0 Å². The topological polar surface area (TPSA) is 49.4 Å². The van der Waals surface area contributed by atoms with Gasteiger partial charge in [-0.1, -0.05) is 66.2 Å². The van der Waals surface area contributed by atoms with Crippen molar-refractivity contribution in [1.29, 1.82) is 0 Å². The molecule has 0 aliphatic carbocycles. The fraction of sp³-hybridized carbons (Fsp3) is 0.154. The van der Waals surface area contributed by atoms with Crippen LogP contribution >= 0.6 is 0 Å². The van der Waals surface area contributed by atoms with E-state index in [2.05, 4.69) is 11.9 Å². The minimum atomic E-state index is -0.0773. The number of hydrogen-bond acceptors (Lipinski definition) is 2. The molecule has 0 saturated heterocycles. The van der Waals surface area contributed by atoms with Crippen molar-refractivity contribution in [3.63, 3.8) is 0 Å². The van der Waals surface area contributed by atoms with Gasteiger partial charge in [0.25, 0.3) is 5.91 Å². The Hall–Kier alpha value is -3.66. The molecule has 0 bridgehead atoms. The Labute approximate surface area is 177 Å². The van der Waals surface area contributed by atoms with E-state index in [0.29, 0.717) is 18.7 Å². The third kappa shape index (κ3) is 5.67. The maximum absolute atomic E-state index is 13.4. The van der Waals surface area contributed by atoms with Gasteiger partial charge in [-0.2, -0.15) is 0 Å². The zero-order chi connectivity index (χ0) is 21.3. The molecule has 1 N–H and O–H groups in total. The summed E-state index contributed by atoms with van der Waals surface area (Å²) in [6, 6.07) is 25.0. The minimum Gasteiger partial charge on any atom is -0.352 e. The summed E-state index contributed by atoms with van der Waals surface area (Å²) < 4.78 is 0. The lowest BCUT2D eigenvalue weighted by molar-refractivity contribution is -0.120. The maximum atomic E-state index is 13.4. The number of carbonyl (C=O) groups is 2. The number of rotatable bonds is 8. The average molecular weight is 399 g/mol. The molecule has 0 unspecified atom stereocenters. The SMILES string of the molecule is C=CCNC(=O)Cc1cccc(N(Cc2ccccc2)C(=O)c2ccc(C)cc2)c1. The first-order chi connectivity index (χ1) is 14.6. The molecule has 152 valence electrons. The van der Waals surface area contributed by atoms with Crippen LogP contribution in [0.4, 0.5) is 5.69 Å². The molecule has 3 rings (SSSR count). The molecule has 3 aromatic carbocycles. The van der Waals surface area contributed by atoms with E-state index in [-0.39, 0.29) is 18.2 Å². The van der Waals surface area contributed by atoms with Crippen molar-refractivity contribution in [2.24, 2.45) is 0 Å². The standard InChI is InChI=1S/C26H26N2O2/c1-3-16-27-25(29)18-22-10-7-11-24(17-22)28(19-21-8-5-4-6-9-21)26(30)23-14-12-20(2)13-15-23/h3-15,17H,1,16,18-19H2,2H3,(H,27,29). The number of aryl methyl sites for hydroxylation is 1. The van der Waals surface area contributed by atoms with E-state index in [4.69, 9.17) is 0 Å². The van der Waals surface area contributed by atoms with Crippen LogP contribution in [-0.2, 0) is 17.8 Å². The van der Waals surface area contributed by atoms with Gasteiger partial charge >= 0.3 is 0 Å². The van der Waals surface area contributed by atoms with Crippen LogP contribution in [0.25, 0.3) is 0 Å². The Morgan fingerprint density at radius 2 is 1.63 bits per heavy atom. The predicted molar refractivity (Wildman–Crippen MR) is 121 cm³/mol. The molecule has 0 spiro atoms. The molecule has 0 heterocycles. The first kappa shape index (κ1) is 21.1. The van der Waals surface area contributed by atoms with Gasteiger partial charge in [0, 0.05) is 17.8 Å². The Morgan fingerprint density at radius 3 is 2.33 bits per heavy atom. The molecule has 0 aromatic heterocycles. The molecule has 0 atom stereocenters.